The molecule has 0 radical (unpaired) electrons. The van der Waals surface area contributed by atoms with Gasteiger partial charge in [-0.05, 0) is 31.2 Å². The molecule has 0 bridgehead atoms. The van der Waals surface area contributed by atoms with Gasteiger partial charge in [0.15, 0.2) is 0 Å². The van der Waals surface area contributed by atoms with E-state index in [9.17, 15) is 4.79 Å². The Hall–Kier alpha value is -0.770. The fourth-order valence-electron chi connectivity index (χ4n) is 1.68. The lowest BCUT2D eigenvalue weighted by Crippen LogP contribution is -2.36. The maximum absolute atomic E-state index is 11.8. The zero-order chi connectivity index (χ0) is 11.5. The van der Waals surface area contributed by atoms with Gasteiger partial charge in [0.1, 0.15) is 0 Å². The molecule has 1 atom stereocenters. The summed E-state index contributed by atoms with van der Waals surface area (Å²) in [4.78, 5) is 11.8. The predicted molar refractivity (Wildman–Crippen MR) is 65.2 cm³/mol. The second kappa shape index (κ2) is 5.04. The van der Waals surface area contributed by atoms with E-state index in [1.54, 1.807) is 18.2 Å². The number of hydrogen-bond donors (Lipinski definition) is 2. The predicted octanol–water partition coefficient (Wildman–Crippen LogP) is 2.09. The van der Waals surface area contributed by atoms with Crippen LogP contribution in [0.5, 0.6) is 0 Å². The van der Waals surface area contributed by atoms with E-state index in [1.807, 2.05) is 0 Å². The van der Waals surface area contributed by atoms with Crippen LogP contribution in [-0.2, 0) is 0 Å². The Balaban J connectivity index is 2.05. The Kier molecular flexibility index (Phi) is 3.69. The van der Waals surface area contributed by atoms with Crippen molar-refractivity contribution in [1.29, 1.82) is 0 Å². The van der Waals surface area contributed by atoms with E-state index in [4.69, 9.17) is 23.2 Å². The van der Waals surface area contributed by atoms with E-state index < -0.39 is 0 Å². The van der Waals surface area contributed by atoms with Crippen LogP contribution in [0.2, 0.25) is 10.0 Å². The summed E-state index contributed by atoms with van der Waals surface area (Å²) in [6.45, 7) is 1.78. The molecule has 1 amide bonds. The Morgan fingerprint density at radius 2 is 2.19 bits per heavy atom. The van der Waals surface area contributed by atoms with Crippen molar-refractivity contribution in [2.24, 2.45) is 0 Å². The second-order valence-electron chi connectivity index (χ2n) is 3.79. The molecular weight excluding hydrogens is 247 g/mol. The molecule has 1 heterocycles. The molecule has 1 aromatic carbocycles. The van der Waals surface area contributed by atoms with E-state index in [1.165, 1.54) is 0 Å². The van der Waals surface area contributed by atoms with Crippen LogP contribution in [0.3, 0.4) is 0 Å². The van der Waals surface area contributed by atoms with Crippen LogP contribution in [0.25, 0.3) is 0 Å². The van der Waals surface area contributed by atoms with Crippen molar-refractivity contribution in [3.8, 4) is 0 Å². The summed E-state index contributed by atoms with van der Waals surface area (Å²) in [6, 6.07) is 5.10. The third-order valence-electron chi connectivity index (χ3n) is 2.58. The highest BCUT2D eigenvalue weighted by atomic mass is 35.5. The number of hydrogen-bond acceptors (Lipinski definition) is 2. The minimum atomic E-state index is -0.104. The van der Waals surface area contributed by atoms with Gasteiger partial charge in [0, 0.05) is 18.2 Å². The number of carbonyl (C=O) groups is 1. The number of amides is 1. The van der Waals surface area contributed by atoms with Gasteiger partial charge in [0.05, 0.1) is 10.0 Å². The first-order chi connectivity index (χ1) is 7.66. The van der Waals surface area contributed by atoms with E-state index in [0.717, 1.165) is 19.5 Å². The molecule has 5 heteroatoms. The first-order valence-electron chi connectivity index (χ1n) is 5.13. The topological polar surface area (TPSA) is 41.1 Å². The lowest BCUT2D eigenvalue weighted by atomic mass is 10.2. The molecule has 1 unspecified atom stereocenters. The van der Waals surface area contributed by atoms with E-state index in [-0.39, 0.29) is 11.9 Å². The van der Waals surface area contributed by atoms with Crippen LogP contribution >= 0.6 is 23.2 Å². The molecule has 1 fully saturated rings. The molecule has 86 valence electrons. The van der Waals surface area contributed by atoms with Crippen molar-refractivity contribution in [3.63, 3.8) is 0 Å². The average Bonchev–Trinajstić information content (AvgIpc) is 2.74. The Morgan fingerprint density at radius 1 is 1.38 bits per heavy atom. The molecule has 0 aliphatic carbocycles. The van der Waals surface area contributed by atoms with Crippen molar-refractivity contribution < 1.29 is 4.79 Å². The summed E-state index contributed by atoms with van der Waals surface area (Å²) in [5.41, 5.74) is 0.543. The molecular formula is C11H12Cl2N2O. The molecule has 16 heavy (non-hydrogen) atoms. The summed E-state index contributed by atoms with van der Waals surface area (Å²) in [6.07, 6.45) is 0.965. The first kappa shape index (κ1) is 11.7. The smallest absolute Gasteiger partial charge is 0.251 e. The first-order valence-corrected chi connectivity index (χ1v) is 5.89. The molecule has 0 aromatic heterocycles. The van der Waals surface area contributed by atoms with Gasteiger partial charge in [-0.3, -0.25) is 4.79 Å². The van der Waals surface area contributed by atoms with Gasteiger partial charge in [-0.15, -0.1) is 0 Å². The summed E-state index contributed by atoms with van der Waals surface area (Å²) >= 11 is 11.6. The fourth-order valence-corrected chi connectivity index (χ4v) is 1.98. The highest BCUT2D eigenvalue weighted by molar-refractivity contribution is 6.42. The number of rotatable bonds is 2. The normalized spacial score (nSPS) is 19.8. The van der Waals surface area contributed by atoms with Crippen LogP contribution in [0.1, 0.15) is 16.8 Å². The molecule has 0 spiro atoms. The van der Waals surface area contributed by atoms with Crippen molar-refractivity contribution >= 4 is 29.1 Å². The van der Waals surface area contributed by atoms with Crippen molar-refractivity contribution in [2.75, 3.05) is 13.1 Å². The maximum atomic E-state index is 11.8. The lowest BCUT2D eigenvalue weighted by Gasteiger charge is -2.11. The van der Waals surface area contributed by atoms with E-state index >= 15 is 0 Å². The zero-order valence-electron chi connectivity index (χ0n) is 8.59. The van der Waals surface area contributed by atoms with Gasteiger partial charge in [-0.1, -0.05) is 23.2 Å². The minimum absolute atomic E-state index is 0.104. The highest BCUT2D eigenvalue weighted by Gasteiger charge is 2.17. The summed E-state index contributed by atoms with van der Waals surface area (Å²) in [7, 11) is 0. The van der Waals surface area contributed by atoms with Crippen LogP contribution < -0.4 is 10.6 Å². The van der Waals surface area contributed by atoms with Gasteiger partial charge in [-0.2, -0.15) is 0 Å². The maximum Gasteiger partial charge on any atom is 0.251 e. The molecule has 2 N–H and O–H groups in total. The highest BCUT2D eigenvalue weighted by Crippen LogP contribution is 2.22. The van der Waals surface area contributed by atoms with E-state index in [2.05, 4.69) is 10.6 Å². The van der Waals surface area contributed by atoms with Crippen LogP contribution in [0.4, 0.5) is 0 Å². The molecule has 1 aliphatic heterocycles. The third kappa shape index (κ3) is 2.67. The molecule has 0 saturated carbocycles. The molecule has 3 nitrogen and oxygen atoms in total. The zero-order valence-corrected chi connectivity index (χ0v) is 10.1. The van der Waals surface area contributed by atoms with Gasteiger partial charge in [0.25, 0.3) is 5.91 Å². The molecule has 2 rings (SSSR count). The Labute approximate surface area is 104 Å². The van der Waals surface area contributed by atoms with Gasteiger partial charge in [0.2, 0.25) is 0 Å². The number of halogens is 2. The summed E-state index contributed by atoms with van der Waals surface area (Å²) < 4.78 is 0. The van der Waals surface area contributed by atoms with Crippen molar-refractivity contribution in [1.82, 2.24) is 10.6 Å². The Morgan fingerprint density at radius 3 is 2.81 bits per heavy atom. The largest absolute Gasteiger partial charge is 0.348 e. The minimum Gasteiger partial charge on any atom is -0.348 e. The number of nitrogens with one attached hydrogen (secondary N) is 2. The van der Waals surface area contributed by atoms with Crippen LogP contribution in [0.15, 0.2) is 18.2 Å². The standard InChI is InChI=1S/C11H12Cl2N2O/c12-9-2-1-7(5-10(9)13)11(16)15-8-3-4-14-6-8/h1-2,5,8,14H,3-4,6H2,(H,15,16). The van der Waals surface area contributed by atoms with Gasteiger partial charge in [-0.25, -0.2) is 0 Å². The summed E-state index contributed by atoms with van der Waals surface area (Å²) in [5.74, 6) is -0.104. The SMILES string of the molecule is O=C(NC1CCNC1)c1ccc(Cl)c(Cl)c1. The molecule has 1 aromatic rings. The third-order valence-corrected chi connectivity index (χ3v) is 3.32. The van der Waals surface area contributed by atoms with Gasteiger partial charge >= 0.3 is 0 Å². The fraction of sp³-hybridized carbons (Fsp3) is 0.364. The van der Waals surface area contributed by atoms with Crippen LogP contribution in [-0.4, -0.2) is 25.0 Å². The quantitative estimate of drug-likeness (QED) is 0.853. The molecule has 1 aliphatic rings. The van der Waals surface area contributed by atoms with Crippen molar-refractivity contribution in [2.45, 2.75) is 12.5 Å². The summed E-state index contributed by atoms with van der Waals surface area (Å²) in [5, 5.41) is 6.99. The molecule has 1 saturated heterocycles. The lowest BCUT2D eigenvalue weighted by molar-refractivity contribution is 0.0940. The second-order valence-corrected chi connectivity index (χ2v) is 4.61. The number of carbonyl (C=O) groups excluding carboxylic acids is 1. The Bertz CT molecular complexity index is 403. The number of benzene rings is 1. The van der Waals surface area contributed by atoms with Crippen LogP contribution in [0, 0.1) is 0 Å². The van der Waals surface area contributed by atoms with Crippen molar-refractivity contribution in [3.05, 3.63) is 33.8 Å². The van der Waals surface area contributed by atoms with E-state index in [0.29, 0.717) is 15.6 Å². The van der Waals surface area contributed by atoms with Gasteiger partial charge < -0.3 is 10.6 Å². The monoisotopic (exact) mass is 258 g/mol. The average molecular weight is 259 g/mol.